The second-order valence-electron chi connectivity index (χ2n) is 2.35. The van der Waals surface area contributed by atoms with Crippen LogP contribution >= 0.6 is 78.3 Å². The van der Waals surface area contributed by atoms with E-state index >= 15 is 0 Å². The number of alkyl halides is 6. The van der Waals surface area contributed by atoms with Crippen molar-refractivity contribution in [3.8, 4) is 0 Å². The summed E-state index contributed by atoms with van der Waals surface area (Å²) < 4.78 is -3.15. The molecule has 0 fully saturated rings. The van der Waals surface area contributed by atoms with Crippen LogP contribution in [-0.2, 0) is 0 Å². The van der Waals surface area contributed by atoms with E-state index in [0.29, 0.717) is 0 Å². The highest BCUT2D eigenvalue weighted by Gasteiger charge is 2.54. The number of halogens is 6. The third-order valence-corrected chi connectivity index (χ3v) is 7.23. The molecule has 0 aromatic heterocycles. The highest BCUT2D eigenvalue weighted by Crippen LogP contribution is 2.56. The van der Waals surface area contributed by atoms with Crippen LogP contribution < -0.4 is 0 Å². The minimum atomic E-state index is -1.11. The normalized spacial score (nSPS) is 15.3. The Hall–Kier alpha value is 2.12. The third-order valence-electron chi connectivity index (χ3n) is 1.10. The van der Waals surface area contributed by atoms with Gasteiger partial charge < -0.3 is 0 Å². The summed E-state index contributed by atoms with van der Waals surface area (Å²) in [6.07, 6.45) is 0. The monoisotopic (exact) mass is 364 g/mol. The smallest absolute Gasteiger partial charge is 0.0993 e. The van der Waals surface area contributed by atoms with Gasteiger partial charge in [0.15, 0.2) is 0 Å². The van der Waals surface area contributed by atoms with E-state index in [9.17, 15) is 0 Å². The van der Waals surface area contributed by atoms with Crippen LogP contribution in [0.25, 0.3) is 0 Å². The summed E-state index contributed by atoms with van der Waals surface area (Å²) in [6, 6.07) is 0. The lowest BCUT2D eigenvalue weighted by molar-refractivity contribution is 0.686. The molecule has 0 amide bonds. The SMILES string of the molecule is CC(Cl)(Cl)C(Br)(Br)C(C)(Cl)Cl. The average Bonchev–Trinajstić information content (AvgIpc) is 1.58. The Morgan fingerprint density at radius 3 is 1.00 bits per heavy atom. The molecule has 0 aliphatic heterocycles. The van der Waals surface area contributed by atoms with Gasteiger partial charge >= 0.3 is 0 Å². The highest BCUT2D eigenvalue weighted by molar-refractivity contribution is 9.25. The predicted molar refractivity (Wildman–Crippen MR) is 60.8 cm³/mol. The van der Waals surface area contributed by atoms with Gasteiger partial charge in [-0.05, 0) is 13.8 Å². The molecule has 0 spiro atoms. The van der Waals surface area contributed by atoms with Gasteiger partial charge in [0.25, 0.3) is 0 Å². The first-order valence-electron chi connectivity index (χ1n) is 2.63. The summed E-state index contributed by atoms with van der Waals surface area (Å²) in [5, 5.41) is 0. The van der Waals surface area contributed by atoms with Crippen LogP contribution in [0.15, 0.2) is 0 Å². The second-order valence-corrected chi connectivity index (χ2v) is 9.20. The van der Waals surface area contributed by atoms with Gasteiger partial charge in [-0.15, -0.1) is 0 Å². The molecule has 0 saturated heterocycles. The molecule has 6 heteroatoms. The van der Waals surface area contributed by atoms with Crippen molar-refractivity contribution < 1.29 is 0 Å². The zero-order valence-electron chi connectivity index (χ0n) is 5.77. The summed E-state index contributed by atoms with van der Waals surface area (Å²) >= 11 is 29.7. The van der Waals surface area contributed by atoms with E-state index in [0.717, 1.165) is 0 Å². The summed E-state index contributed by atoms with van der Waals surface area (Å²) in [7, 11) is 0. The van der Waals surface area contributed by atoms with Crippen molar-refractivity contribution in [2.24, 2.45) is 0 Å². The second kappa shape index (κ2) is 3.70. The third kappa shape index (κ3) is 3.07. The van der Waals surface area contributed by atoms with E-state index in [4.69, 9.17) is 46.4 Å². The molecule has 0 bridgehead atoms. The minimum Gasteiger partial charge on any atom is -0.0993 e. The highest BCUT2D eigenvalue weighted by atomic mass is 79.9. The molecule has 0 N–H and O–H groups in total. The summed E-state index contributed by atoms with van der Waals surface area (Å²) in [4.78, 5) is 0. The largest absolute Gasteiger partial charge is 0.145 e. The van der Waals surface area contributed by atoms with Crippen molar-refractivity contribution in [3.63, 3.8) is 0 Å². The molecule has 0 saturated carbocycles. The molecule has 11 heavy (non-hydrogen) atoms. The van der Waals surface area contributed by atoms with Gasteiger partial charge in [-0.1, -0.05) is 78.3 Å². The molecule has 0 aromatic carbocycles. The van der Waals surface area contributed by atoms with E-state index in [2.05, 4.69) is 31.9 Å². The maximum Gasteiger partial charge on any atom is 0.145 e. The first kappa shape index (κ1) is 13.1. The van der Waals surface area contributed by atoms with E-state index in [1.165, 1.54) is 0 Å². The first-order valence-corrected chi connectivity index (χ1v) is 5.73. The molecule has 0 rings (SSSR count). The van der Waals surface area contributed by atoms with Gasteiger partial charge in [0.1, 0.15) is 11.9 Å². The summed E-state index contributed by atoms with van der Waals surface area (Å²) in [6.45, 7) is 3.17. The van der Waals surface area contributed by atoms with Crippen molar-refractivity contribution in [2.75, 3.05) is 0 Å². The van der Waals surface area contributed by atoms with Crippen LogP contribution in [0.3, 0.4) is 0 Å². The van der Waals surface area contributed by atoms with E-state index in [1.54, 1.807) is 13.8 Å². The van der Waals surface area contributed by atoms with Gasteiger partial charge in [-0.25, -0.2) is 0 Å². The average molecular weight is 368 g/mol. The molecule has 0 nitrogen and oxygen atoms in total. The van der Waals surface area contributed by atoms with Gasteiger partial charge in [-0.3, -0.25) is 0 Å². The van der Waals surface area contributed by atoms with Crippen LogP contribution in [0, 0.1) is 0 Å². The zero-order chi connectivity index (χ0) is 9.50. The molecule has 0 heterocycles. The molecule has 0 aliphatic rings. The van der Waals surface area contributed by atoms with Crippen molar-refractivity contribution in [1.29, 1.82) is 0 Å². The van der Waals surface area contributed by atoms with Crippen molar-refractivity contribution in [2.45, 2.75) is 25.7 Å². The summed E-state index contributed by atoms with van der Waals surface area (Å²) in [5.41, 5.74) is 0. The standard InChI is InChI=1S/C5H6Br2Cl4/c1-3(8,9)5(6,7)4(2,10)11/h1-2H3. The lowest BCUT2D eigenvalue weighted by Gasteiger charge is -2.37. The lowest BCUT2D eigenvalue weighted by Crippen LogP contribution is -2.45. The van der Waals surface area contributed by atoms with Crippen LogP contribution in [0.1, 0.15) is 13.8 Å². The molecule has 0 atom stereocenters. The van der Waals surface area contributed by atoms with E-state index in [1.807, 2.05) is 0 Å². The van der Waals surface area contributed by atoms with E-state index < -0.39 is 11.9 Å². The van der Waals surface area contributed by atoms with Crippen molar-refractivity contribution in [3.05, 3.63) is 0 Å². The number of hydrogen-bond donors (Lipinski definition) is 0. The first-order chi connectivity index (χ1) is 4.50. The topological polar surface area (TPSA) is 0 Å². The Labute approximate surface area is 103 Å². The Morgan fingerprint density at radius 2 is 1.00 bits per heavy atom. The van der Waals surface area contributed by atoms with Crippen LogP contribution in [-0.4, -0.2) is 11.9 Å². The molecule has 0 unspecified atom stereocenters. The maximum atomic E-state index is 5.81. The van der Waals surface area contributed by atoms with Crippen LogP contribution in [0.4, 0.5) is 0 Å². The molecular formula is C5H6Br2Cl4. The quantitative estimate of drug-likeness (QED) is 0.611. The molecule has 68 valence electrons. The lowest BCUT2D eigenvalue weighted by atomic mass is 10.2. The Morgan fingerprint density at radius 1 is 0.818 bits per heavy atom. The predicted octanol–water partition coefficient (Wildman–Crippen LogP) is 4.86. The molecule has 0 radical (unpaired) electrons. The molecule has 0 aromatic rings. The Balaban J connectivity index is 4.75. The van der Waals surface area contributed by atoms with E-state index in [-0.39, 0.29) is 0 Å². The fraction of sp³-hybridized carbons (Fsp3) is 1.00. The summed E-state index contributed by atoms with van der Waals surface area (Å²) in [5.74, 6) is 0. The molecule has 0 aliphatic carbocycles. The van der Waals surface area contributed by atoms with Gasteiger partial charge in [0, 0.05) is 0 Å². The number of hydrogen-bond acceptors (Lipinski definition) is 0. The van der Waals surface area contributed by atoms with Crippen LogP contribution in [0.5, 0.6) is 0 Å². The van der Waals surface area contributed by atoms with Crippen molar-refractivity contribution in [1.82, 2.24) is 0 Å². The Bertz CT molecular complexity index is 128. The maximum absolute atomic E-state index is 5.81. The zero-order valence-corrected chi connectivity index (χ0v) is 12.0. The fourth-order valence-corrected chi connectivity index (χ4v) is 1.33. The van der Waals surface area contributed by atoms with Gasteiger partial charge in [0.2, 0.25) is 0 Å². The fourth-order valence-electron chi connectivity index (χ4n) is 0.385. The van der Waals surface area contributed by atoms with Gasteiger partial charge in [-0.2, -0.15) is 0 Å². The van der Waals surface area contributed by atoms with Gasteiger partial charge in [0.05, 0.1) is 0 Å². The Kier molecular flexibility index (Phi) is 4.42. The number of rotatable bonds is 2. The van der Waals surface area contributed by atoms with Crippen molar-refractivity contribution >= 4 is 78.3 Å². The minimum absolute atomic E-state index is 0.938. The van der Waals surface area contributed by atoms with Crippen LogP contribution in [0.2, 0.25) is 0 Å². The molecular weight excluding hydrogens is 362 g/mol.